The predicted molar refractivity (Wildman–Crippen MR) is 55.1 cm³/mol. The van der Waals surface area contributed by atoms with E-state index < -0.39 is 0 Å². The number of aromatic nitrogens is 1. The quantitative estimate of drug-likeness (QED) is 0.639. The highest BCUT2D eigenvalue weighted by Gasteiger charge is 2.15. The Balaban J connectivity index is 2.49. The molecule has 1 heteroatoms. The van der Waals surface area contributed by atoms with Crippen molar-refractivity contribution < 1.29 is 0 Å². The van der Waals surface area contributed by atoms with Gasteiger partial charge in [0.05, 0.1) is 0 Å². The van der Waals surface area contributed by atoms with Gasteiger partial charge in [0.1, 0.15) is 0 Å². The number of hydrogen-bond donors (Lipinski definition) is 0. The zero-order valence-corrected chi connectivity index (χ0v) is 8.72. The van der Waals surface area contributed by atoms with Crippen molar-refractivity contribution in [2.75, 3.05) is 0 Å². The number of nitrogens with zero attached hydrogens (tertiary/aromatic N) is 1. The summed E-state index contributed by atoms with van der Waals surface area (Å²) in [5.41, 5.74) is 5.51. The van der Waals surface area contributed by atoms with Crippen LogP contribution in [0.1, 0.15) is 48.7 Å². The molecule has 70 valence electrons. The summed E-state index contributed by atoms with van der Waals surface area (Å²) in [7, 11) is 0. The zero-order valence-electron chi connectivity index (χ0n) is 8.72. The van der Waals surface area contributed by atoms with E-state index in [0.717, 1.165) is 0 Å². The zero-order chi connectivity index (χ0) is 9.42. The third-order valence-electron chi connectivity index (χ3n) is 2.90. The van der Waals surface area contributed by atoms with E-state index in [0.29, 0.717) is 5.92 Å². The smallest absolute Gasteiger partial charge is 0.0439 e. The van der Waals surface area contributed by atoms with Crippen molar-refractivity contribution in [3.8, 4) is 0 Å². The van der Waals surface area contributed by atoms with E-state index in [1.165, 1.54) is 41.8 Å². The fourth-order valence-electron chi connectivity index (χ4n) is 2.18. The van der Waals surface area contributed by atoms with Crippen LogP contribution in [0.4, 0.5) is 0 Å². The van der Waals surface area contributed by atoms with Crippen molar-refractivity contribution in [1.82, 2.24) is 4.98 Å². The van der Waals surface area contributed by atoms with Crippen molar-refractivity contribution >= 4 is 0 Å². The summed E-state index contributed by atoms with van der Waals surface area (Å²) in [5, 5.41) is 0. The van der Waals surface area contributed by atoms with Crippen LogP contribution < -0.4 is 0 Å². The highest BCUT2D eigenvalue weighted by molar-refractivity contribution is 5.34. The van der Waals surface area contributed by atoms with Crippen molar-refractivity contribution in [2.24, 2.45) is 0 Å². The topological polar surface area (TPSA) is 12.9 Å². The molecule has 0 amide bonds. The van der Waals surface area contributed by atoms with E-state index in [1.54, 1.807) is 0 Å². The maximum absolute atomic E-state index is 4.67. The first-order valence-corrected chi connectivity index (χ1v) is 5.18. The number of hydrogen-bond acceptors (Lipinski definition) is 1. The molecule has 1 aliphatic rings. The molecule has 0 N–H and O–H groups in total. The Kier molecular flexibility index (Phi) is 2.10. The van der Waals surface area contributed by atoms with Crippen LogP contribution in [0.5, 0.6) is 0 Å². The highest BCUT2D eigenvalue weighted by Crippen LogP contribution is 2.26. The van der Waals surface area contributed by atoms with Gasteiger partial charge in [-0.2, -0.15) is 0 Å². The fourth-order valence-corrected chi connectivity index (χ4v) is 2.18. The van der Waals surface area contributed by atoms with Crippen LogP contribution in [0.3, 0.4) is 0 Å². The molecule has 0 saturated carbocycles. The number of pyridine rings is 1. The van der Waals surface area contributed by atoms with Crippen molar-refractivity contribution in [1.29, 1.82) is 0 Å². The molecule has 13 heavy (non-hydrogen) atoms. The Labute approximate surface area is 80.2 Å². The minimum atomic E-state index is 0.610. The molecular weight excluding hydrogens is 158 g/mol. The summed E-state index contributed by atoms with van der Waals surface area (Å²) in [5.74, 6) is 0.610. The van der Waals surface area contributed by atoms with Crippen LogP contribution in [0.2, 0.25) is 0 Å². The van der Waals surface area contributed by atoms with E-state index in [4.69, 9.17) is 0 Å². The van der Waals surface area contributed by atoms with E-state index >= 15 is 0 Å². The van der Waals surface area contributed by atoms with Crippen LogP contribution >= 0.6 is 0 Å². The Morgan fingerprint density at radius 2 is 2.08 bits per heavy atom. The van der Waals surface area contributed by atoms with Crippen LogP contribution in [-0.2, 0) is 12.8 Å². The Bertz CT molecular complexity index is 326. The molecule has 0 aromatic carbocycles. The standard InChI is InChI=1S/C12H17N/c1-8(2)11-7-10-5-4-6-12(10)13-9(11)3/h7-8H,4-6H2,1-3H3. The highest BCUT2D eigenvalue weighted by atomic mass is 14.7. The molecule has 0 unspecified atom stereocenters. The average molecular weight is 175 g/mol. The van der Waals surface area contributed by atoms with Gasteiger partial charge in [-0.05, 0) is 43.2 Å². The summed E-state index contributed by atoms with van der Waals surface area (Å²) < 4.78 is 0. The van der Waals surface area contributed by atoms with Crippen molar-refractivity contribution in [3.05, 3.63) is 28.6 Å². The van der Waals surface area contributed by atoms with Gasteiger partial charge in [0.15, 0.2) is 0 Å². The third kappa shape index (κ3) is 1.48. The summed E-state index contributed by atoms with van der Waals surface area (Å²) >= 11 is 0. The third-order valence-corrected chi connectivity index (χ3v) is 2.90. The summed E-state index contributed by atoms with van der Waals surface area (Å²) in [6, 6.07) is 2.37. The molecule has 0 aliphatic heterocycles. The second-order valence-corrected chi connectivity index (χ2v) is 4.28. The molecular formula is C12H17N. The lowest BCUT2D eigenvalue weighted by Crippen LogP contribution is -1.99. The van der Waals surface area contributed by atoms with Gasteiger partial charge in [-0.3, -0.25) is 4.98 Å². The van der Waals surface area contributed by atoms with Gasteiger partial charge < -0.3 is 0 Å². The Morgan fingerprint density at radius 3 is 2.77 bits per heavy atom. The minimum Gasteiger partial charge on any atom is -0.258 e. The minimum absolute atomic E-state index is 0.610. The lowest BCUT2D eigenvalue weighted by atomic mass is 9.99. The largest absolute Gasteiger partial charge is 0.258 e. The van der Waals surface area contributed by atoms with Gasteiger partial charge in [-0.1, -0.05) is 19.9 Å². The molecule has 0 atom stereocenters. The monoisotopic (exact) mass is 175 g/mol. The molecule has 1 aromatic heterocycles. The first kappa shape index (κ1) is 8.74. The van der Waals surface area contributed by atoms with E-state index in [-0.39, 0.29) is 0 Å². The average Bonchev–Trinajstić information content (AvgIpc) is 2.48. The molecule has 1 aromatic rings. The van der Waals surface area contributed by atoms with E-state index in [2.05, 4.69) is 31.8 Å². The van der Waals surface area contributed by atoms with Gasteiger partial charge >= 0.3 is 0 Å². The maximum Gasteiger partial charge on any atom is 0.0439 e. The van der Waals surface area contributed by atoms with Crippen LogP contribution in [0, 0.1) is 6.92 Å². The van der Waals surface area contributed by atoms with Gasteiger partial charge in [0, 0.05) is 11.4 Å². The molecule has 0 bridgehead atoms. The lowest BCUT2D eigenvalue weighted by molar-refractivity contribution is 0.834. The van der Waals surface area contributed by atoms with Gasteiger partial charge in [-0.15, -0.1) is 0 Å². The molecule has 1 aliphatic carbocycles. The predicted octanol–water partition coefficient (Wildman–Crippen LogP) is 3.00. The fraction of sp³-hybridized carbons (Fsp3) is 0.583. The number of rotatable bonds is 1. The molecule has 0 fully saturated rings. The molecule has 1 nitrogen and oxygen atoms in total. The van der Waals surface area contributed by atoms with Crippen molar-refractivity contribution in [2.45, 2.75) is 46.0 Å². The summed E-state index contributed by atoms with van der Waals surface area (Å²) in [4.78, 5) is 4.67. The molecule has 1 heterocycles. The molecule has 0 radical (unpaired) electrons. The first-order chi connectivity index (χ1) is 6.18. The second kappa shape index (κ2) is 3.13. The van der Waals surface area contributed by atoms with Crippen LogP contribution in [0.25, 0.3) is 0 Å². The van der Waals surface area contributed by atoms with Gasteiger partial charge in [0.2, 0.25) is 0 Å². The van der Waals surface area contributed by atoms with Crippen LogP contribution in [0.15, 0.2) is 6.07 Å². The molecule has 2 rings (SSSR count). The normalized spacial score (nSPS) is 15.1. The van der Waals surface area contributed by atoms with Gasteiger partial charge in [0.25, 0.3) is 0 Å². The van der Waals surface area contributed by atoms with Crippen molar-refractivity contribution in [3.63, 3.8) is 0 Å². The SMILES string of the molecule is Cc1nc2c(cc1C(C)C)CCC2. The first-order valence-electron chi connectivity index (χ1n) is 5.18. The van der Waals surface area contributed by atoms with E-state index in [1.807, 2.05) is 0 Å². The summed E-state index contributed by atoms with van der Waals surface area (Å²) in [6.45, 7) is 6.62. The molecule has 0 spiro atoms. The Morgan fingerprint density at radius 1 is 1.31 bits per heavy atom. The van der Waals surface area contributed by atoms with Crippen LogP contribution in [-0.4, -0.2) is 4.98 Å². The lowest BCUT2D eigenvalue weighted by Gasteiger charge is -2.11. The Hall–Kier alpha value is -0.850. The molecule has 0 saturated heterocycles. The maximum atomic E-state index is 4.67. The second-order valence-electron chi connectivity index (χ2n) is 4.28. The van der Waals surface area contributed by atoms with E-state index in [9.17, 15) is 0 Å². The van der Waals surface area contributed by atoms with Gasteiger partial charge in [-0.25, -0.2) is 0 Å². The number of fused-ring (bicyclic) bond motifs is 1. The summed E-state index contributed by atoms with van der Waals surface area (Å²) in [6.07, 6.45) is 3.72. The number of aryl methyl sites for hydroxylation is 3.